The normalized spacial score (nSPS) is 16.0. The number of nitrogens with two attached hydrogens (primary N) is 1. The number of hydrogen-bond acceptors (Lipinski definition) is 3. The highest BCUT2D eigenvalue weighted by molar-refractivity contribution is 9.11. The highest BCUT2D eigenvalue weighted by Crippen LogP contribution is 2.33. The number of carbonyl (C=O) groups excluding carboxylic acids is 1. The van der Waals surface area contributed by atoms with Gasteiger partial charge in [0.1, 0.15) is 0 Å². The molecule has 0 fully saturated rings. The third-order valence-corrected chi connectivity index (χ3v) is 6.05. The molecule has 3 nitrogen and oxygen atoms in total. The van der Waals surface area contributed by atoms with Gasteiger partial charge < -0.3 is 11.1 Å². The van der Waals surface area contributed by atoms with Crippen molar-refractivity contribution >= 4 is 33.2 Å². The fourth-order valence-corrected chi connectivity index (χ4v) is 4.19. The minimum Gasteiger partial charge on any atom is -0.352 e. The van der Waals surface area contributed by atoms with Gasteiger partial charge in [0, 0.05) is 17.0 Å². The zero-order valence-corrected chi connectivity index (χ0v) is 14.2. The lowest BCUT2D eigenvalue weighted by Gasteiger charge is -2.13. The molecule has 3 rings (SSSR count). The number of nitrogens with one attached hydrogen (secondary N) is 1. The summed E-state index contributed by atoms with van der Waals surface area (Å²) in [5.74, 6) is 0.0140. The van der Waals surface area contributed by atoms with Crippen LogP contribution in [0.1, 0.15) is 44.4 Å². The standard InChI is InChI=1S/C16H17BrN2OS/c1-9-7-13(21-15(9)17)14(18)11-5-4-10-3-2-6-19-16(20)12(10)8-11/h4-5,7-8,14H,2-3,6,18H2,1H3,(H,19,20). The maximum Gasteiger partial charge on any atom is 0.251 e. The molecule has 5 heteroatoms. The van der Waals surface area contributed by atoms with Gasteiger partial charge in [-0.3, -0.25) is 4.79 Å². The molecule has 1 amide bonds. The minimum atomic E-state index is -0.193. The van der Waals surface area contributed by atoms with Gasteiger partial charge >= 0.3 is 0 Å². The summed E-state index contributed by atoms with van der Waals surface area (Å²) in [5.41, 5.74) is 10.4. The lowest BCUT2D eigenvalue weighted by Crippen LogP contribution is -2.23. The van der Waals surface area contributed by atoms with Gasteiger partial charge in [-0.2, -0.15) is 0 Å². The number of halogens is 1. The summed E-state index contributed by atoms with van der Waals surface area (Å²) < 4.78 is 1.11. The van der Waals surface area contributed by atoms with Crippen molar-refractivity contribution in [2.75, 3.05) is 6.54 Å². The fraction of sp³-hybridized carbons (Fsp3) is 0.312. The Morgan fingerprint density at radius 1 is 1.38 bits per heavy atom. The highest BCUT2D eigenvalue weighted by atomic mass is 79.9. The first-order valence-electron chi connectivity index (χ1n) is 6.98. The fourth-order valence-electron chi connectivity index (χ4n) is 2.59. The van der Waals surface area contributed by atoms with E-state index in [4.69, 9.17) is 5.73 Å². The van der Waals surface area contributed by atoms with E-state index in [0.717, 1.165) is 44.7 Å². The SMILES string of the molecule is Cc1cc(C(N)c2ccc3c(c2)C(=O)NCCC3)sc1Br. The summed E-state index contributed by atoms with van der Waals surface area (Å²) in [5, 5.41) is 2.94. The number of aryl methyl sites for hydroxylation is 2. The van der Waals surface area contributed by atoms with Crippen molar-refractivity contribution in [2.45, 2.75) is 25.8 Å². The first-order valence-corrected chi connectivity index (χ1v) is 8.59. The van der Waals surface area contributed by atoms with Crippen LogP contribution >= 0.6 is 27.3 Å². The van der Waals surface area contributed by atoms with Crippen molar-refractivity contribution in [3.05, 3.63) is 55.2 Å². The molecule has 1 atom stereocenters. The second-order valence-corrected chi connectivity index (χ2v) is 7.76. The monoisotopic (exact) mass is 364 g/mol. The molecule has 0 saturated carbocycles. The van der Waals surface area contributed by atoms with E-state index in [-0.39, 0.29) is 11.9 Å². The average molecular weight is 365 g/mol. The second kappa shape index (κ2) is 5.91. The molecule has 0 aliphatic carbocycles. The maximum atomic E-state index is 12.1. The van der Waals surface area contributed by atoms with Crippen LogP contribution in [0.2, 0.25) is 0 Å². The number of thiophene rings is 1. The smallest absolute Gasteiger partial charge is 0.251 e. The minimum absolute atomic E-state index is 0.0140. The number of carbonyl (C=O) groups is 1. The van der Waals surface area contributed by atoms with Crippen LogP contribution in [0.25, 0.3) is 0 Å². The van der Waals surface area contributed by atoms with Gasteiger partial charge in [0.05, 0.1) is 9.83 Å². The summed E-state index contributed by atoms with van der Waals surface area (Å²) >= 11 is 5.19. The van der Waals surface area contributed by atoms with E-state index >= 15 is 0 Å². The third-order valence-electron chi connectivity index (χ3n) is 3.83. The van der Waals surface area contributed by atoms with E-state index < -0.39 is 0 Å². The molecule has 1 unspecified atom stereocenters. The van der Waals surface area contributed by atoms with Crippen LogP contribution in [-0.4, -0.2) is 12.5 Å². The maximum absolute atomic E-state index is 12.1. The van der Waals surface area contributed by atoms with Crippen LogP contribution in [0, 0.1) is 6.92 Å². The summed E-state index contributed by atoms with van der Waals surface area (Å²) in [4.78, 5) is 13.2. The molecule has 2 heterocycles. The van der Waals surface area contributed by atoms with Crippen LogP contribution in [0.5, 0.6) is 0 Å². The molecule has 0 radical (unpaired) electrons. The van der Waals surface area contributed by atoms with Gasteiger partial charge in [-0.25, -0.2) is 0 Å². The molecule has 2 aromatic rings. The highest BCUT2D eigenvalue weighted by Gasteiger charge is 2.19. The number of fused-ring (bicyclic) bond motifs is 1. The van der Waals surface area contributed by atoms with Crippen molar-refractivity contribution in [3.63, 3.8) is 0 Å². The van der Waals surface area contributed by atoms with E-state index in [2.05, 4.69) is 34.2 Å². The largest absolute Gasteiger partial charge is 0.352 e. The van der Waals surface area contributed by atoms with Gasteiger partial charge in [0.2, 0.25) is 0 Å². The van der Waals surface area contributed by atoms with Crippen molar-refractivity contribution in [3.8, 4) is 0 Å². The van der Waals surface area contributed by atoms with Gasteiger partial charge in [-0.15, -0.1) is 11.3 Å². The van der Waals surface area contributed by atoms with Gasteiger partial charge in [0.15, 0.2) is 0 Å². The summed E-state index contributed by atoms with van der Waals surface area (Å²) in [7, 11) is 0. The van der Waals surface area contributed by atoms with Gasteiger partial charge in [0.25, 0.3) is 5.91 Å². The van der Waals surface area contributed by atoms with E-state index in [1.54, 1.807) is 11.3 Å². The zero-order chi connectivity index (χ0) is 15.0. The molecular formula is C16H17BrN2OS. The van der Waals surface area contributed by atoms with E-state index in [1.807, 2.05) is 18.2 Å². The zero-order valence-electron chi connectivity index (χ0n) is 11.8. The lowest BCUT2D eigenvalue weighted by atomic mass is 9.97. The molecule has 0 saturated heterocycles. The van der Waals surface area contributed by atoms with Crippen molar-refractivity contribution in [1.29, 1.82) is 0 Å². The molecule has 1 aliphatic rings. The van der Waals surface area contributed by atoms with Crippen molar-refractivity contribution in [1.82, 2.24) is 5.32 Å². The number of amides is 1. The van der Waals surface area contributed by atoms with Crippen LogP contribution in [-0.2, 0) is 6.42 Å². The molecule has 0 spiro atoms. The average Bonchev–Trinajstić information content (AvgIpc) is 2.70. The second-order valence-electron chi connectivity index (χ2n) is 5.36. The Kier molecular flexibility index (Phi) is 4.15. The number of hydrogen-bond donors (Lipinski definition) is 2. The van der Waals surface area contributed by atoms with Crippen LogP contribution in [0.4, 0.5) is 0 Å². The van der Waals surface area contributed by atoms with Crippen LogP contribution in [0.3, 0.4) is 0 Å². The topological polar surface area (TPSA) is 55.1 Å². The molecule has 0 bridgehead atoms. The van der Waals surface area contributed by atoms with E-state index in [0.29, 0.717) is 0 Å². The van der Waals surface area contributed by atoms with E-state index in [9.17, 15) is 4.79 Å². The molecule has 110 valence electrons. The number of benzene rings is 1. The number of rotatable bonds is 2. The Balaban J connectivity index is 1.97. The first kappa shape index (κ1) is 14.8. The quantitative estimate of drug-likeness (QED) is 0.855. The Bertz CT molecular complexity index is 676. The van der Waals surface area contributed by atoms with Crippen molar-refractivity contribution in [2.24, 2.45) is 5.73 Å². The molecule has 1 aromatic carbocycles. The molecule has 3 N–H and O–H groups in total. The predicted octanol–water partition coefficient (Wildman–Crippen LogP) is 3.54. The van der Waals surface area contributed by atoms with Crippen molar-refractivity contribution < 1.29 is 4.79 Å². The summed E-state index contributed by atoms with van der Waals surface area (Å²) in [6, 6.07) is 7.95. The Hall–Kier alpha value is -1.17. The lowest BCUT2D eigenvalue weighted by molar-refractivity contribution is 0.0956. The van der Waals surface area contributed by atoms with Gasteiger partial charge in [-0.1, -0.05) is 12.1 Å². The summed E-state index contributed by atoms with van der Waals surface area (Å²) in [6.45, 7) is 2.80. The molecular weight excluding hydrogens is 348 g/mol. The molecule has 1 aliphatic heterocycles. The Morgan fingerprint density at radius 3 is 2.90 bits per heavy atom. The predicted molar refractivity (Wildman–Crippen MR) is 89.9 cm³/mol. The first-order chi connectivity index (χ1) is 10.1. The van der Waals surface area contributed by atoms with Gasteiger partial charge in [-0.05, 0) is 64.5 Å². The summed E-state index contributed by atoms with van der Waals surface area (Å²) in [6.07, 6.45) is 1.93. The van der Waals surface area contributed by atoms with Crippen LogP contribution in [0.15, 0.2) is 28.1 Å². The molecule has 21 heavy (non-hydrogen) atoms. The Morgan fingerprint density at radius 2 is 2.19 bits per heavy atom. The van der Waals surface area contributed by atoms with E-state index in [1.165, 1.54) is 5.56 Å². The molecule has 1 aromatic heterocycles. The Labute approximate surface area is 136 Å². The van der Waals surface area contributed by atoms with Crippen LogP contribution < -0.4 is 11.1 Å². The third kappa shape index (κ3) is 2.91.